The molecule has 1 saturated heterocycles. The molecule has 1 aliphatic rings. The van der Waals surface area contributed by atoms with Crippen molar-refractivity contribution >= 4 is 34.6 Å². The summed E-state index contributed by atoms with van der Waals surface area (Å²) in [6, 6.07) is 15.0. The quantitative estimate of drug-likeness (QED) is 0.156. The Balaban J connectivity index is 1.24. The van der Waals surface area contributed by atoms with E-state index in [9.17, 15) is 27.2 Å². The Morgan fingerprint density at radius 1 is 1.04 bits per heavy atom. The number of halogens is 5. The van der Waals surface area contributed by atoms with Crippen LogP contribution in [0.3, 0.4) is 0 Å². The lowest BCUT2D eigenvalue weighted by Gasteiger charge is -2.22. The van der Waals surface area contributed by atoms with E-state index in [1.165, 1.54) is 52.3 Å². The van der Waals surface area contributed by atoms with E-state index >= 15 is 4.39 Å². The Labute approximate surface area is 264 Å². The van der Waals surface area contributed by atoms with E-state index < -0.39 is 24.9 Å². The minimum atomic E-state index is -4.81. The maximum Gasteiger partial charge on any atom is 0.573 e. The Bertz CT molecular complexity index is 1760. The molecule has 240 valence electrons. The molecule has 1 fully saturated rings. The number of ether oxygens (including phenoxy) is 1. The molecule has 0 spiro atoms. The average Bonchev–Trinajstić information content (AvgIpc) is 3.63. The number of hydrogen-bond donors (Lipinski definition) is 1. The van der Waals surface area contributed by atoms with E-state index in [0.717, 1.165) is 35.0 Å². The molecule has 0 radical (unpaired) electrons. The number of alkyl halides is 5. The number of nitrogens with zero attached hydrogens (tertiary/aromatic N) is 5. The number of hydrogen-bond acceptors (Lipinski definition) is 6. The van der Waals surface area contributed by atoms with Crippen LogP contribution in [0.15, 0.2) is 78.0 Å². The molecule has 3 aromatic carbocycles. The van der Waals surface area contributed by atoms with Gasteiger partial charge >= 0.3 is 12.4 Å². The molecule has 0 aliphatic carbocycles. The lowest BCUT2D eigenvalue weighted by molar-refractivity contribution is -0.274. The van der Waals surface area contributed by atoms with Gasteiger partial charge in [-0.2, -0.15) is 4.99 Å². The number of carbonyl (C=O) groups is 2. The topological polar surface area (TPSA) is 102 Å². The van der Waals surface area contributed by atoms with Gasteiger partial charge in [-0.1, -0.05) is 62.0 Å². The second-order valence-electron chi connectivity index (χ2n) is 10.6. The fraction of sp³-hybridized carbons (Fsp3) is 0.258. The molecule has 0 saturated carbocycles. The van der Waals surface area contributed by atoms with Gasteiger partial charge in [-0.05, 0) is 59.9 Å². The van der Waals surface area contributed by atoms with Crippen LogP contribution in [0.5, 0.6) is 5.75 Å². The summed E-state index contributed by atoms with van der Waals surface area (Å²) in [4.78, 5) is 34.7. The van der Waals surface area contributed by atoms with Gasteiger partial charge in [-0.25, -0.2) is 23.2 Å². The number of anilines is 1. The summed E-state index contributed by atoms with van der Waals surface area (Å²) in [5.74, 6) is -0.324. The molecule has 5 rings (SSSR count). The summed E-state index contributed by atoms with van der Waals surface area (Å²) < 4.78 is 72.3. The van der Waals surface area contributed by atoms with Crippen LogP contribution in [0, 0.1) is 6.92 Å². The van der Waals surface area contributed by atoms with Crippen molar-refractivity contribution < 1.29 is 36.3 Å². The molecule has 9 nitrogen and oxygen atoms in total. The minimum Gasteiger partial charge on any atom is -0.406 e. The fourth-order valence-corrected chi connectivity index (χ4v) is 5.49. The van der Waals surface area contributed by atoms with Crippen molar-refractivity contribution in [2.45, 2.75) is 45.5 Å². The molecule has 0 bridgehead atoms. The summed E-state index contributed by atoms with van der Waals surface area (Å²) in [6.45, 7) is 5.82. The van der Waals surface area contributed by atoms with Crippen LogP contribution in [0.4, 0.5) is 32.4 Å². The molecule has 1 aliphatic heterocycles. The highest BCUT2D eigenvalue weighted by atomic mass is 32.2. The standard InChI is InChI=1S/C31H27F5N6O3S/c1-17(2)23-13-4-18(3)14-24(23)42-25(43)15-46-30(42)39-29(44)38-27(33)26(32)19-5-7-20(8-6-19)28-37-16-41(40-28)21-9-11-22(12-10-21)45-31(34,35)36/h4-14,16-17,26-27H,15H2,1-3H3,(H,38,44)/b39-30-. The van der Waals surface area contributed by atoms with Gasteiger partial charge < -0.3 is 10.1 Å². The number of urea groups is 1. The van der Waals surface area contributed by atoms with Crippen LogP contribution in [-0.2, 0) is 4.79 Å². The van der Waals surface area contributed by atoms with Gasteiger partial charge in [-0.15, -0.1) is 18.3 Å². The third-order valence-corrected chi connectivity index (χ3v) is 7.77. The van der Waals surface area contributed by atoms with Crippen molar-refractivity contribution in [3.05, 3.63) is 89.7 Å². The molecule has 15 heteroatoms. The molecule has 2 atom stereocenters. The first kappa shape index (κ1) is 32.6. The van der Waals surface area contributed by atoms with E-state index in [1.54, 1.807) is 0 Å². The predicted molar refractivity (Wildman–Crippen MR) is 163 cm³/mol. The lowest BCUT2D eigenvalue weighted by atomic mass is 9.99. The summed E-state index contributed by atoms with van der Waals surface area (Å²) in [5.41, 5.74) is 3.16. The van der Waals surface area contributed by atoms with Gasteiger partial charge in [0.2, 0.25) is 12.2 Å². The van der Waals surface area contributed by atoms with Gasteiger partial charge in [0.05, 0.1) is 17.1 Å². The van der Waals surface area contributed by atoms with Crippen molar-refractivity contribution in [3.63, 3.8) is 0 Å². The zero-order valence-corrected chi connectivity index (χ0v) is 25.4. The summed E-state index contributed by atoms with van der Waals surface area (Å²) in [6.07, 6.45) is -8.15. The van der Waals surface area contributed by atoms with Gasteiger partial charge in [-0.3, -0.25) is 9.69 Å². The summed E-state index contributed by atoms with van der Waals surface area (Å²) in [5, 5.41) is 6.25. The maximum atomic E-state index is 15.1. The Morgan fingerprint density at radius 3 is 2.39 bits per heavy atom. The van der Waals surface area contributed by atoms with E-state index in [0.29, 0.717) is 16.9 Å². The highest BCUT2D eigenvalue weighted by Gasteiger charge is 2.33. The monoisotopic (exact) mass is 658 g/mol. The van der Waals surface area contributed by atoms with Crippen molar-refractivity contribution in [1.29, 1.82) is 0 Å². The SMILES string of the molecule is Cc1ccc(C(C)C)c(N2C(=O)CS/C2=N\C(=O)NC(F)C(F)c2ccc(-c3ncn(-c4ccc(OC(F)(F)F)cc4)n3)cc2)c1. The normalized spacial score (nSPS) is 15.8. The van der Waals surface area contributed by atoms with E-state index in [4.69, 9.17) is 0 Å². The molecule has 1 N–H and O–H groups in total. The largest absolute Gasteiger partial charge is 0.573 e. The molecule has 4 aromatic rings. The summed E-state index contributed by atoms with van der Waals surface area (Å²) in [7, 11) is 0. The van der Waals surface area contributed by atoms with Crippen LogP contribution in [0.2, 0.25) is 0 Å². The first-order valence-corrected chi connectivity index (χ1v) is 14.9. The van der Waals surface area contributed by atoms with E-state index in [2.05, 4.69) is 19.8 Å². The molecule has 2 heterocycles. The van der Waals surface area contributed by atoms with Crippen molar-refractivity contribution in [3.8, 4) is 22.8 Å². The second kappa shape index (κ2) is 13.3. The molecular weight excluding hydrogens is 631 g/mol. The van der Waals surface area contributed by atoms with Crippen LogP contribution in [-0.4, -0.2) is 50.3 Å². The van der Waals surface area contributed by atoms with Crippen LogP contribution < -0.4 is 15.0 Å². The fourth-order valence-electron chi connectivity index (χ4n) is 4.63. The maximum absolute atomic E-state index is 15.1. The molecule has 3 amide bonds. The Kier molecular flexibility index (Phi) is 9.42. The van der Waals surface area contributed by atoms with Crippen LogP contribution in [0.25, 0.3) is 17.1 Å². The number of nitrogens with one attached hydrogen (secondary N) is 1. The predicted octanol–water partition coefficient (Wildman–Crippen LogP) is 7.42. The smallest absolute Gasteiger partial charge is 0.406 e. The first-order chi connectivity index (χ1) is 21.8. The number of thioether (sulfide) groups is 1. The zero-order chi connectivity index (χ0) is 33.2. The number of amidine groups is 1. The van der Waals surface area contributed by atoms with Crippen molar-refractivity contribution in [1.82, 2.24) is 20.1 Å². The second-order valence-corrected chi connectivity index (χ2v) is 11.5. The molecule has 2 unspecified atom stereocenters. The first-order valence-electron chi connectivity index (χ1n) is 13.9. The van der Waals surface area contributed by atoms with Gasteiger partial charge in [0.15, 0.2) is 17.2 Å². The van der Waals surface area contributed by atoms with Crippen LogP contribution >= 0.6 is 11.8 Å². The van der Waals surface area contributed by atoms with E-state index in [-0.39, 0.29) is 39.9 Å². The molecule has 46 heavy (non-hydrogen) atoms. The minimum absolute atomic E-state index is 0.0467. The zero-order valence-electron chi connectivity index (χ0n) is 24.6. The molecular formula is C31H27F5N6O3S. The average molecular weight is 659 g/mol. The van der Waals surface area contributed by atoms with Crippen molar-refractivity contribution in [2.75, 3.05) is 10.7 Å². The number of aryl methyl sites for hydroxylation is 1. The number of aliphatic imine (C=N–C) groups is 1. The van der Waals surface area contributed by atoms with Gasteiger partial charge in [0.25, 0.3) is 0 Å². The Hall–Kier alpha value is -4.79. The van der Waals surface area contributed by atoms with Crippen LogP contribution in [0.1, 0.15) is 42.6 Å². The highest BCUT2D eigenvalue weighted by Crippen LogP contribution is 2.34. The number of amides is 3. The number of carbonyl (C=O) groups excluding carboxylic acids is 2. The number of rotatable bonds is 8. The van der Waals surface area contributed by atoms with Gasteiger partial charge in [0, 0.05) is 5.56 Å². The third kappa shape index (κ3) is 7.53. The van der Waals surface area contributed by atoms with E-state index in [1.807, 2.05) is 44.3 Å². The highest BCUT2D eigenvalue weighted by molar-refractivity contribution is 8.15. The van der Waals surface area contributed by atoms with Gasteiger partial charge in [0.1, 0.15) is 12.1 Å². The summed E-state index contributed by atoms with van der Waals surface area (Å²) >= 11 is 1.03. The van der Waals surface area contributed by atoms with Crippen molar-refractivity contribution in [2.24, 2.45) is 4.99 Å². The number of aromatic nitrogens is 3. The lowest BCUT2D eigenvalue weighted by Crippen LogP contribution is -2.35. The third-order valence-electron chi connectivity index (χ3n) is 6.84. The molecule has 1 aromatic heterocycles. The Morgan fingerprint density at radius 2 is 1.74 bits per heavy atom. The number of benzene rings is 3.